The van der Waals surface area contributed by atoms with Crippen molar-refractivity contribution in [2.45, 2.75) is 25.7 Å². The largest absolute Gasteiger partial charge is 0.478 e. The summed E-state index contributed by atoms with van der Waals surface area (Å²) in [5.74, 6) is -2.40. The molecule has 0 aromatic heterocycles. The molecule has 0 radical (unpaired) electrons. The molecule has 1 aromatic carbocycles. The number of rotatable bonds is 5. The maximum Gasteiger partial charge on any atom is 0.335 e. The molecule has 1 fully saturated rings. The summed E-state index contributed by atoms with van der Waals surface area (Å²) in [7, 11) is 0. The Morgan fingerprint density at radius 1 is 1.33 bits per heavy atom. The molecule has 0 aliphatic heterocycles. The van der Waals surface area contributed by atoms with Gasteiger partial charge in [-0.25, -0.2) is 13.6 Å². The van der Waals surface area contributed by atoms with E-state index in [2.05, 4.69) is 5.32 Å². The number of nitrogens with one attached hydrogen (secondary N) is 1. The van der Waals surface area contributed by atoms with Crippen LogP contribution in [0.3, 0.4) is 0 Å². The first kappa shape index (κ1) is 12.8. The summed E-state index contributed by atoms with van der Waals surface area (Å²) in [6, 6.07) is 1.66. The van der Waals surface area contributed by atoms with Crippen LogP contribution in [0.4, 0.5) is 14.5 Å². The van der Waals surface area contributed by atoms with E-state index in [9.17, 15) is 13.6 Å². The van der Waals surface area contributed by atoms with Gasteiger partial charge in [-0.15, -0.1) is 0 Å². The summed E-state index contributed by atoms with van der Waals surface area (Å²) >= 11 is 0. The van der Waals surface area contributed by atoms with Gasteiger partial charge in [0.05, 0.1) is 5.56 Å². The van der Waals surface area contributed by atoms with E-state index in [1.54, 1.807) is 0 Å². The van der Waals surface area contributed by atoms with Gasteiger partial charge in [-0.05, 0) is 24.5 Å². The number of halogens is 2. The normalized spacial score (nSPS) is 15.2. The van der Waals surface area contributed by atoms with E-state index in [1.807, 2.05) is 0 Å². The molecule has 5 heteroatoms. The Hall–Kier alpha value is -1.65. The van der Waals surface area contributed by atoms with Crippen molar-refractivity contribution in [1.82, 2.24) is 0 Å². The molecular formula is C13H15F2NO2. The van der Waals surface area contributed by atoms with Gasteiger partial charge in [-0.3, -0.25) is 0 Å². The zero-order valence-electron chi connectivity index (χ0n) is 9.88. The maximum atomic E-state index is 13.5. The average Bonchev–Trinajstić information content (AvgIpc) is 2.24. The molecule has 1 aromatic rings. The van der Waals surface area contributed by atoms with Crippen molar-refractivity contribution in [3.05, 3.63) is 29.3 Å². The molecular weight excluding hydrogens is 240 g/mol. The third kappa shape index (κ3) is 2.78. The molecule has 0 unspecified atom stereocenters. The summed E-state index contributed by atoms with van der Waals surface area (Å²) < 4.78 is 27.1. The van der Waals surface area contributed by atoms with Gasteiger partial charge in [-0.1, -0.05) is 19.3 Å². The van der Waals surface area contributed by atoms with Crippen molar-refractivity contribution in [2.75, 3.05) is 11.9 Å². The van der Waals surface area contributed by atoms with Gasteiger partial charge >= 0.3 is 5.97 Å². The standard InChI is InChI=1S/C13H15F2NO2/c14-10-6-9(13(17)18)7-11(15)12(10)16-5-4-8-2-1-3-8/h6-8,16H,1-5H2,(H,17,18). The van der Waals surface area contributed by atoms with Gasteiger partial charge in [0.25, 0.3) is 0 Å². The molecule has 18 heavy (non-hydrogen) atoms. The molecule has 2 rings (SSSR count). The fraction of sp³-hybridized carbons (Fsp3) is 0.462. The van der Waals surface area contributed by atoms with Crippen LogP contribution in [0.25, 0.3) is 0 Å². The lowest BCUT2D eigenvalue weighted by atomic mass is 9.83. The van der Waals surface area contributed by atoms with E-state index in [-0.39, 0.29) is 11.3 Å². The minimum Gasteiger partial charge on any atom is -0.478 e. The summed E-state index contributed by atoms with van der Waals surface area (Å²) in [6.45, 7) is 0.505. The Kier molecular flexibility index (Phi) is 3.79. The van der Waals surface area contributed by atoms with Gasteiger partial charge in [0.15, 0.2) is 0 Å². The number of benzene rings is 1. The summed E-state index contributed by atoms with van der Waals surface area (Å²) in [5.41, 5.74) is -0.617. The highest BCUT2D eigenvalue weighted by molar-refractivity contribution is 5.88. The van der Waals surface area contributed by atoms with Crippen LogP contribution >= 0.6 is 0 Å². The van der Waals surface area contributed by atoms with Crippen LogP contribution in [0.5, 0.6) is 0 Å². The smallest absolute Gasteiger partial charge is 0.335 e. The number of carboxylic acids is 1. The van der Waals surface area contributed by atoms with Crippen molar-refractivity contribution < 1.29 is 18.7 Å². The van der Waals surface area contributed by atoms with Gasteiger partial charge in [-0.2, -0.15) is 0 Å². The number of hydrogen-bond acceptors (Lipinski definition) is 2. The minimum absolute atomic E-state index is 0.237. The number of anilines is 1. The van der Waals surface area contributed by atoms with E-state index in [1.165, 1.54) is 19.3 Å². The minimum atomic E-state index is -1.34. The van der Waals surface area contributed by atoms with Gasteiger partial charge in [0.1, 0.15) is 17.3 Å². The highest BCUT2D eigenvalue weighted by Gasteiger charge is 2.18. The van der Waals surface area contributed by atoms with Crippen LogP contribution in [-0.4, -0.2) is 17.6 Å². The fourth-order valence-corrected chi connectivity index (χ4v) is 2.05. The third-order valence-corrected chi connectivity index (χ3v) is 3.37. The van der Waals surface area contributed by atoms with Crippen molar-refractivity contribution in [3.63, 3.8) is 0 Å². The summed E-state index contributed by atoms with van der Waals surface area (Å²) in [6.07, 6.45) is 4.50. The van der Waals surface area contributed by atoms with Crippen LogP contribution in [0.2, 0.25) is 0 Å². The van der Waals surface area contributed by atoms with Crippen LogP contribution in [0, 0.1) is 17.6 Å². The Morgan fingerprint density at radius 3 is 2.39 bits per heavy atom. The first-order valence-electron chi connectivity index (χ1n) is 6.04. The molecule has 0 saturated heterocycles. The molecule has 0 heterocycles. The van der Waals surface area contributed by atoms with Crippen molar-refractivity contribution >= 4 is 11.7 Å². The summed E-state index contributed by atoms with van der Waals surface area (Å²) in [4.78, 5) is 10.6. The zero-order chi connectivity index (χ0) is 13.1. The second kappa shape index (κ2) is 5.33. The quantitative estimate of drug-likeness (QED) is 0.849. The molecule has 98 valence electrons. The van der Waals surface area contributed by atoms with Crippen molar-refractivity contribution in [3.8, 4) is 0 Å². The van der Waals surface area contributed by atoms with E-state index in [0.717, 1.165) is 18.6 Å². The molecule has 1 aliphatic carbocycles. The molecule has 0 spiro atoms. The lowest BCUT2D eigenvalue weighted by Crippen LogP contribution is -2.16. The van der Waals surface area contributed by atoms with Crippen LogP contribution in [0.15, 0.2) is 12.1 Å². The Morgan fingerprint density at radius 2 is 1.94 bits per heavy atom. The van der Waals surface area contributed by atoms with Crippen LogP contribution in [0.1, 0.15) is 36.0 Å². The lowest BCUT2D eigenvalue weighted by molar-refractivity contribution is 0.0696. The molecule has 1 saturated carbocycles. The highest BCUT2D eigenvalue weighted by atomic mass is 19.1. The zero-order valence-corrected chi connectivity index (χ0v) is 9.88. The summed E-state index contributed by atoms with van der Waals surface area (Å²) in [5, 5.41) is 11.4. The van der Waals surface area contributed by atoms with E-state index in [4.69, 9.17) is 5.11 Å². The molecule has 3 nitrogen and oxygen atoms in total. The third-order valence-electron chi connectivity index (χ3n) is 3.37. The van der Waals surface area contributed by atoms with Gasteiger partial charge in [0.2, 0.25) is 0 Å². The number of carboxylic acid groups (broad SMARTS) is 1. The average molecular weight is 255 g/mol. The van der Waals surface area contributed by atoms with E-state index in [0.29, 0.717) is 12.5 Å². The molecule has 0 atom stereocenters. The number of hydrogen-bond donors (Lipinski definition) is 2. The Labute approximate surface area is 104 Å². The lowest BCUT2D eigenvalue weighted by Gasteiger charge is -2.25. The van der Waals surface area contributed by atoms with Gasteiger partial charge < -0.3 is 10.4 Å². The van der Waals surface area contributed by atoms with E-state index < -0.39 is 17.6 Å². The van der Waals surface area contributed by atoms with Crippen molar-refractivity contribution in [1.29, 1.82) is 0 Å². The topological polar surface area (TPSA) is 49.3 Å². The van der Waals surface area contributed by atoms with Crippen molar-refractivity contribution in [2.24, 2.45) is 5.92 Å². The fourth-order valence-electron chi connectivity index (χ4n) is 2.05. The van der Waals surface area contributed by atoms with Crippen LogP contribution < -0.4 is 5.32 Å². The Bertz CT molecular complexity index is 435. The number of aromatic carboxylic acids is 1. The monoisotopic (exact) mass is 255 g/mol. The second-order valence-electron chi connectivity index (χ2n) is 4.63. The SMILES string of the molecule is O=C(O)c1cc(F)c(NCCC2CCC2)c(F)c1. The van der Waals surface area contributed by atoms with Gasteiger partial charge in [0, 0.05) is 6.54 Å². The first-order valence-corrected chi connectivity index (χ1v) is 6.04. The molecule has 1 aliphatic rings. The highest BCUT2D eigenvalue weighted by Crippen LogP contribution is 2.29. The molecule has 0 bridgehead atoms. The maximum absolute atomic E-state index is 13.5. The second-order valence-corrected chi connectivity index (χ2v) is 4.63. The predicted octanol–water partition coefficient (Wildman–Crippen LogP) is 3.27. The number of carbonyl (C=O) groups is 1. The molecule has 0 amide bonds. The predicted molar refractivity (Wildman–Crippen MR) is 63.8 cm³/mol. The van der Waals surface area contributed by atoms with Crippen LogP contribution in [-0.2, 0) is 0 Å². The molecule has 2 N–H and O–H groups in total. The Balaban J connectivity index is 2.00. The first-order chi connectivity index (χ1) is 8.58. The van der Waals surface area contributed by atoms with E-state index >= 15 is 0 Å².